The first-order chi connectivity index (χ1) is 11.9. The Labute approximate surface area is 144 Å². The van der Waals surface area contributed by atoms with E-state index in [-0.39, 0.29) is 22.8 Å². The zero-order valence-corrected chi connectivity index (χ0v) is 14.3. The molecule has 6 nitrogen and oxygen atoms in total. The number of Topliss-reactive ketones (excluding diaryl/α,β-unsaturated/α-hetero) is 1. The summed E-state index contributed by atoms with van der Waals surface area (Å²) in [6.07, 6.45) is 0. The van der Waals surface area contributed by atoms with Gasteiger partial charge in [-0.3, -0.25) is 9.59 Å². The number of ketones is 1. The van der Waals surface area contributed by atoms with Gasteiger partial charge in [0.1, 0.15) is 0 Å². The van der Waals surface area contributed by atoms with Crippen molar-refractivity contribution in [2.24, 2.45) is 0 Å². The molecule has 2 aromatic carbocycles. The summed E-state index contributed by atoms with van der Waals surface area (Å²) in [7, 11) is -3.79. The minimum absolute atomic E-state index is 0.0368. The lowest BCUT2D eigenvalue weighted by atomic mass is 10.1. The van der Waals surface area contributed by atoms with Gasteiger partial charge >= 0.3 is 0 Å². The second-order valence-corrected chi connectivity index (χ2v) is 7.38. The Balaban J connectivity index is 1.83. The van der Waals surface area contributed by atoms with Gasteiger partial charge in [-0.15, -0.1) is 0 Å². The van der Waals surface area contributed by atoms with Gasteiger partial charge in [-0.1, -0.05) is 30.3 Å². The first-order valence-electron chi connectivity index (χ1n) is 7.58. The van der Waals surface area contributed by atoms with Crippen LogP contribution in [0.25, 0.3) is 10.9 Å². The largest absolute Gasteiger partial charge is 0.322 e. The van der Waals surface area contributed by atoms with Crippen molar-refractivity contribution >= 4 is 26.7 Å². The highest BCUT2D eigenvalue weighted by Crippen LogP contribution is 2.13. The van der Waals surface area contributed by atoms with Crippen LogP contribution in [0.15, 0.2) is 64.3 Å². The fourth-order valence-electron chi connectivity index (χ4n) is 2.45. The highest BCUT2D eigenvalue weighted by Gasteiger charge is 2.15. The molecule has 0 aliphatic rings. The molecule has 0 unspecified atom stereocenters. The van der Waals surface area contributed by atoms with Crippen LogP contribution in [0.1, 0.15) is 22.8 Å². The number of carbonyl (C=O) groups excluding carboxylic acids is 1. The number of aromatic nitrogens is 1. The third kappa shape index (κ3) is 3.67. The summed E-state index contributed by atoms with van der Waals surface area (Å²) in [6, 6.07) is 14.6. The standard InChI is InChI=1S/C18H16N2O4S/c1-12(21)13-6-8-16(9-7-13)25(23,24)19-11-15-10-14-4-2-3-5-17(14)20-18(15)22/h2-10,19H,11H2,1H3,(H,20,22). The Morgan fingerprint density at radius 3 is 2.44 bits per heavy atom. The van der Waals surface area contributed by atoms with Crippen molar-refractivity contribution in [1.29, 1.82) is 0 Å². The molecule has 3 rings (SSSR count). The number of sulfonamides is 1. The molecule has 0 radical (unpaired) electrons. The molecule has 0 atom stereocenters. The Hall–Kier alpha value is -2.77. The highest BCUT2D eigenvalue weighted by atomic mass is 32.2. The quantitative estimate of drug-likeness (QED) is 0.685. The predicted molar refractivity (Wildman–Crippen MR) is 95.0 cm³/mol. The Kier molecular flexibility index (Phi) is 4.52. The fourth-order valence-corrected chi connectivity index (χ4v) is 3.46. The lowest BCUT2D eigenvalue weighted by Gasteiger charge is -2.08. The van der Waals surface area contributed by atoms with Gasteiger partial charge in [0.25, 0.3) is 5.56 Å². The Morgan fingerprint density at radius 2 is 1.76 bits per heavy atom. The van der Waals surface area contributed by atoms with Gasteiger partial charge in [0.05, 0.1) is 4.90 Å². The van der Waals surface area contributed by atoms with E-state index in [1.54, 1.807) is 12.1 Å². The molecule has 3 aromatic rings. The Bertz CT molecular complexity index is 1100. The average Bonchev–Trinajstić information content (AvgIpc) is 2.60. The normalized spacial score (nSPS) is 11.6. The van der Waals surface area contributed by atoms with Crippen molar-refractivity contribution in [3.05, 3.63) is 76.1 Å². The SMILES string of the molecule is CC(=O)c1ccc(S(=O)(=O)NCc2cc3ccccc3[nH]c2=O)cc1. The number of aromatic amines is 1. The van der Waals surface area contributed by atoms with E-state index in [0.29, 0.717) is 16.6 Å². The van der Waals surface area contributed by atoms with Gasteiger partial charge in [0, 0.05) is 23.2 Å². The molecule has 0 saturated heterocycles. The monoisotopic (exact) mass is 356 g/mol. The van der Waals surface area contributed by atoms with Crippen LogP contribution in [0.4, 0.5) is 0 Å². The molecule has 0 fully saturated rings. The van der Waals surface area contributed by atoms with Gasteiger partial charge in [0.2, 0.25) is 10.0 Å². The second kappa shape index (κ2) is 6.62. The molecule has 0 amide bonds. The van der Waals surface area contributed by atoms with Crippen molar-refractivity contribution in [1.82, 2.24) is 9.71 Å². The van der Waals surface area contributed by atoms with Crippen LogP contribution in [0, 0.1) is 0 Å². The summed E-state index contributed by atoms with van der Waals surface area (Å²) in [6.45, 7) is 1.28. The summed E-state index contributed by atoms with van der Waals surface area (Å²) < 4.78 is 27.1. The first-order valence-corrected chi connectivity index (χ1v) is 9.07. The zero-order valence-electron chi connectivity index (χ0n) is 13.4. The van der Waals surface area contributed by atoms with Crippen LogP contribution < -0.4 is 10.3 Å². The molecule has 0 spiro atoms. The number of carbonyl (C=O) groups is 1. The number of nitrogens with one attached hydrogen (secondary N) is 2. The van der Waals surface area contributed by atoms with Gasteiger partial charge in [-0.2, -0.15) is 0 Å². The minimum Gasteiger partial charge on any atom is -0.322 e. The summed E-state index contributed by atoms with van der Waals surface area (Å²) >= 11 is 0. The van der Waals surface area contributed by atoms with E-state index in [4.69, 9.17) is 0 Å². The predicted octanol–water partition coefficient (Wildman–Crippen LogP) is 2.21. The molecule has 25 heavy (non-hydrogen) atoms. The number of fused-ring (bicyclic) bond motifs is 1. The van der Waals surface area contributed by atoms with Crippen LogP contribution in [-0.4, -0.2) is 19.2 Å². The number of hydrogen-bond donors (Lipinski definition) is 2. The van der Waals surface area contributed by atoms with E-state index in [1.165, 1.54) is 31.2 Å². The third-order valence-electron chi connectivity index (χ3n) is 3.85. The summed E-state index contributed by atoms with van der Waals surface area (Å²) in [4.78, 5) is 26.1. The molecule has 2 N–H and O–H groups in total. The topological polar surface area (TPSA) is 96.1 Å². The zero-order chi connectivity index (χ0) is 18.0. The highest BCUT2D eigenvalue weighted by molar-refractivity contribution is 7.89. The summed E-state index contributed by atoms with van der Waals surface area (Å²) in [5, 5.41) is 0.821. The van der Waals surface area contributed by atoms with Gasteiger partial charge in [-0.05, 0) is 36.6 Å². The third-order valence-corrected chi connectivity index (χ3v) is 5.27. The maximum Gasteiger partial charge on any atom is 0.252 e. The second-order valence-electron chi connectivity index (χ2n) is 5.62. The number of benzene rings is 2. The Morgan fingerprint density at radius 1 is 1.08 bits per heavy atom. The van der Waals surface area contributed by atoms with Crippen molar-refractivity contribution < 1.29 is 13.2 Å². The smallest absolute Gasteiger partial charge is 0.252 e. The van der Waals surface area contributed by atoms with E-state index >= 15 is 0 Å². The number of hydrogen-bond acceptors (Lipinski definition) is 4. The average molecular weight is 356 g/mol. The molecule has 0 bridgehead atoms. The van der Waals surface area contributed by atoms with Crippen molar-refractivity contribution in [2.75, 3.05) is 0 Å². The molecule has 0 aliphatic carbocycles. The summed E-state index contributed by atoms with van der Waals surface area (Å²) in [5.41, 5.74) is 1.11. The molecule has 0 saturated carbocycles. The van der Waals surface area contributed by atoms with Crippen LogP contribution in [-0.2, 0) is 16.6 Å². The number of rotatable bonds is 5. The maximum atomic E-state index is 12.4. The van der Waals surface area contributed by atoms with E-state index in [1.807, 2.05) is 18.2 Å². The van der Waals surface area contributed by atoms with Gasteiger partial charge in [-0.25, -0.2) is 13.1 Å². The molecule has 128 valence electrons. The fraction of sp³-hybridized carbons (Fsp3) is 0.111. The van der Waals surface area contributed by atoms with E-state index in [9.17, 15) is 18.0 Å². The van der Waals surface area contributed by atoms with Gasteiger partial charge < -0.3 is 4.98 Å². The van der Waals surface area contributed by atoms with Crippen molar-refractivity contribution in [3.8, 4) is 0 Å². The van der Waals surface area contributed by atoms with Crippen LogP contribution >= 0.6 is 0 Å². The lowest BCUT2D eigenvalue weighted by Crippen LogP contribution is -2.27. The molecular weight excluding hydrogens is 340 g/mol. The maximum absolute atomic E-state index is 12.4. The van der Waals surface area contributed by atoms with E-state index in [0.717, 1.165) is 5.39 Å². The molecule has 7 heteroatoms. The number of pyridine rings is 1. The molecule has 0 aliphatic heterocycles. The van der Waals surface area contributed by atoms with Crippen LogP contribution in [0.5, 0.6) is 0 Å². The lowest BCUT2D eigenvalue weighted by molar-refractivity contribution is 0.101. The first kappa shape index (κ1) is 17.1. The number of H-pyrrole nitrogens is 1. The summed E-state index contributed by atoms with van der Waals surface area (Å²) in [5.74, 6) is -0.139. The van der Waals surface area contributed by atoms with Crippen LogP contribution in [0.2, 0.25) is 0 Å². The van der Waals surface area contributed by atoms with Crippen molar-refractivity contribution in [3.63, 3.8) is 0 Å². The number of para-hydroxylation sites is 1. The van der Waals surface area contributed by atoms with Crippen LogP contribution in [0.3, 0.4) is 0 Å². The van der Waals surface area contributed by atoms with E-state index in [2.05, 4.69) is 9.71 Å². The minimum atomic E-state index is -3.79. The van der Waals surface area contributed by atoms with Crippen molar-refractivity contribution in [2.45, 2.75) is 18.4 Å². The van der Waals surface area contributed by atoms with E-state index < -0.39 is 10.0 Å². The molecule has 1 heterocycles. The van der Waals surface area contributed by atoms with Gasteiger partial charge in [0.15, 0.2) is 5.78 Å². The molecular formula is C18H16N2O4S. The molecule has 1 aromatic heterocycles.